The third-order valence-electron chi connectivity index (χ3n) is 4.93. The van der Waals surface area contributed by atoms with Crippen LogP contribution in [0.25, 0.3) is 0 Å². The van der Waals surface area contributed by atoms with Gasteiger partial charge in [-0.1, -0.05) is 43.3 Å². The zero-order valence-corrected chi connectivity index (χ0v) is 16.8. The molecule has 146 valence electrons. The fourth-order valence-corrected chi connectivity index (χ4v) is 4.35. The minimum Gasteiger partial charge on any atom is -0.497 e. The average Bonchev–Trinajstić information content (AvgIpc) is 3.26. The molecule has 0 bridgehead atoms. The van der Waals surface area contributed by atoms with Crippen LogP contribution < -0.4 is 10.1 Å². The van der Waals surface area contributed by atoms with E-state index in [1.165, 1.54) is 11.3 Å². The second kappa shape index (κ2) is 9.37. The molecule has 0 unspecified atom stereocenters. The number of ether oxygens (including phenoxy) is 1. The van der Waals surface area contributed by atoms with Gasteiger partial charge in [-0.05, 0) is 47.7 Å². The number of nitro groups is 1. The Balaban J connectivity index is 1.99. The molecule has 1 N–H and O–H groups in total. The summed E-state index contributed by atoms with van der Waals surface area (Å²) in [5.74, 6) is 0.550. The van der Waals surface area contributed by atoms with Crippen molar-refractivity contribution in [3.8, 4) is 5.75 Å². The molecule has 0 saturated carbocycles. The predicted octanol–water partition coefficient (Wildman–Crippen LogP) is 5.75. The smallest absolute Gasteiger partial charge is 0.244 e. The first-order valence-corrected chi connectivity index (χ1v) is 10.1. The fraction of sp³-hybridized carbons (Fsp3) is 0.273. The summed E-state index contributed by atoms with van der Waals surface area (Å²) < 4.78 is 5.21. The SMILES string of the molecule is CC[C@@H](c1ccccc1)[C@H]([C@H](Nc1ccc(OC)cc1)c1cccs1)[N+](=O)[O-]. The Morgan fingerprint density at radius 3 is 2.32 bits per heavy atom. The summed E-state index contributed by atoms with van der Waals surface area (Å²) >= 11 is 1.54. The number of benzene rings is 2. The molecular weight excluding hydrogens is 372 g/mol. The third-order valence-corrected chi connectivity index (χ3v) is 5.88. The molecule has 28 heavy (non-hydrogen) atoms. The van der Waals surface area contributed by atoms with E-state index >= 15 is 0 Å². The lowest BCUT2D eigenvalue weighted by molar-refractivity contribution is -0.530. The molecule has 1 heterocycles. The molecule has 0 aliphatic heterocycles. The Morgan fingerprint density at radius 1 is 1.07 bits per heavy atom. The zero-order chi connectivity index (χ0) is 19.9. The van der Waals surface area contributed by atoms with Crippen LogP contribution in [-0.2, 0) is 0 Å². The molecule has 2 aromatic carbocycles. The van der Waals surface area contributed by atoms with Crippen LogP contribution >= 0.6 is 11.3 Å². The molecule has 0 aliphatic rings. The second-order valence-corrected chi connectivity index (χ2v) is 7.55. The van der Waals surface area contributed by atoms with Crippen molar-refractivity contribution in [2.24, 2.45) is 0 Å². The van der Waals surface area contributed by atoms with Crippen molar-refractivity contribution in [3.63, 3.8) is 0 Å². The Labute approximate surface area is 169 Å². The van der Waals surface area contributed by atoms with Crippen LogP contribution in [0.5, 0.6) is 5.75 Å². The summed E-state index contributed by atoms with van der Waals surface area (Å²) in [5, 5.41) is 17.6. The number of nitrogens with one attached hydrogen (secondary N) is 1. The first kappa shape index (κ1) is 19.9. The molecular formula is C22H24N2O3S. The van der Waals surface area contributed by atoms with E-state index in [1.54, 1.807) is 7.11 Å². The number of thiophene rings is 1. The molecule has 0 saturated heterocycles. The molecule has 0 aliphatic carbocycles. The Bertz CT molecular complexity index is 867. The highest BCUT2D eigenvalue weighted by atomic mass is 32.1. The number of rotatable bonds is 9. The number of nitrogens with zero attached hydrogens (tertiary/aromatic N) is 1. The molecule has 3 aromatic rings. The van der Waals surface area contributed by atoms with Crippen LogP contribution in [0.2, 0.25) is 0 Å². The summed E-state index contributed by atoms with van der Waals surface area (Å²) in [6, 6.07) is 19.9. The van der Waals surface area contributed by atoms with Gasteiger partial charge in [-0.25, -0.2) is 0 Å². The van der Waals surface area contributed by atoms with Gasteiger partial charge in [-0.15, -0.1) is 11.3 Å². The van der Waals surface area contributed by atoms with Crippen molar-refractivity contribution >= 4 is 17.0 Å². The van der Waals surface area contributed by atoms with Crippen molar-refractivity contribution in [1.29, 1.82) is 0 Å². The van der Waals surface area contributed by atoms with E-state index in [2.05, 4.69) is 5.32 Å². The van der Waals surface area contributed by atoms with Crippen LogP contribution in [0.1, 0.15) is 35.7 Å². The second-order valence-electron chi connectivity index (χ2n) is 6.57. The maximum atomic E-state index is 12.3. The first-order chi connectivity index (χ1) is 13.6. The van der Waals surface area contributed by atoms with E-state index in [9.17, 15) is 10.1 Å². The summed E-state index contributed by atoms with van der Waals surface area (Å²) in [5.41, 5.74) is 1.82. The molecule has 3 atom stereocenters. The van der Waals surface area contributed by atoms with Gasteiger partial charge in [-0.3, -0.25) is 10.1 Å². The summed E-state index contributed by atoms with van der Waals surface area (Å²) in [6.07, 6.45) is 0.682. The molecule has 3 rings (SSSR count). The van der Waals surface area contributed by atoms with Gasteiger partial charge in [0.05, 0.1) is 13.0 Å². The van der Waals surface area contributed by atoms with Crippen LogP contribution in [0.15, 0.2) is 72.1 Å². The van der Waals surface area contributed by atoms with E-state index in [-0.39, 0.29) is 10.8 Å². The Kier molecular flexibility index (Phi) is 6.66. The van der Waals surface area contributed by atoms with Gasteiger partial charge in [0.2, 0.25) is 6.04 Å². The highest BCUT2D eigenvalue weighted by Crippen LogP contribution is 2.37. The van der Waals surface area contributed by atoms with Gasteiger partial charge >= 0.3 is 0 Å². The van der Waals surface area contributed by atoms with Crippen LogP contribution in [-0.4, -0.2) is 18.1 Å². The first-order valence-electron chi connectivity index (χ1n) is 9.26. The Morgan fingerprint density at radius 2 is 1.79 bits per heavy atom. The van der Waals surface area contributed by atoms with E-state index in [4.69, 9.17) is 4.74 Å². The zero-order valence-electron chi connectivity index (χ0n) is 15.9. The third kappa shape index (κ3) is 4.51. The van der Waals surface area contributed by atoms with E-state index < -0.39 is 12.1 Å². The molecule has 0 spiro atoms. The normalized spacial score (nSPS) is 14.1. The van der Waals surface area contributed by atoms with Gasteiger partial charge in [0.15, 0.2) is 0 Å². The van der Waals surface area contributed by atoms with Gasteiger partial charge in [0, 0.05) is 15.5 Å². The predicted molar refractivity (Wildman–Crippen MR) is 114 cm³/mol. The van der Waals surface area contributed by atoms with Crippen molar-refractivity contribution in [3.05, 3.63) is 92.7 Å². The van der Waals surface area contributed by atoms with Gasteiger partial charge in [-0.2, -0.15) is 0 Å². The van der Waals surface area contributed by atoms with Crippen molar-refractivity contribution < 1.29 is 9.66 Å². The maximum Gasteiger partial charge on any atom is 0.244 e. The Hall–Kier alpha value is -2.86. The average molecular weight is 397 g/mol. The number of methoxy groups -OCH3 is 1. The minimum absolute atomic E-state index is 0.137. The minimum atomic E-state index is -0.798. The monoisotopic (exact) mass is 396 g/mol. The number of anilines is 1. The van der Waals surface area contributed by atoms with Crippen molar-refractivity contribution in [1.82, 2.24) is 0 Å². The lowest BCUT2D eigenvalue weighted by Gasteiger charge is -2.28. The fourth-order valence-electron chi connectivity index (χ4n) is 3.54. The van der Waals surface area contributed by atoms with Gasteiger partial charge in [0.1, 0.15) is 11.8 Å². The van der Waals surface area contributed by atoms with Gasteiger partial charge in [0.25, 0.3) is 0 Å². The summed E-state index contributed by atoms with van der Waals surface area (Å²) in [6.45, 7) is 2.01. The lowest BCUT2D eigenvalue weighted by atomic mass is 9.84. The quantitative estimate of drug-likeness (QED) is 0.369. The molecule has 6 heteroatoms. The van der Waals surface area contributed by atoms with Crippen LogP contribution in [0.4, 0.5) is 5.69 Å². The van der Waals surface area contributed by atoms with Crippen LogP contribution in [0, 0.1) is 10.1 Å². The summed E-state index contributed by atoms with van der Waals surface area (Å²) in [7, 11) is 1.62. The van der Waals surface area contributed by atoms with E-state index in [0.717, 1.165) is 21.9 Å². The van der Waals surface area contributed by atoms with Crippen molar-refractivity contribution in [2.75, 3.05) is 12.4 Å². The summed E-state index contributed by atoms with van der Waals surface area (Å²) in [4.78, 5) is 13.1. The topological polar surface area (TPSA) is 64.4 Å². The molecule has 0 radical (unpaired) electrons. The lowest BCUT2D eigenvalue weighted by Crippen LogP contribution is -2.37. The van der Waals surface area contributed by atoms with Crippen molar-refractivity contribution in [2.45, 2.75) is 31.3 Å². The largest absolute Gasteiger partial charge is 0.497 e. The highest BCUT2D eigenvalue weighted by molar-refractivity contribution is 7.10. The standard InChI is InChI=1S/C22H24N2O3S/c1-3-19(16-8-5-4-6-9-16)22(24(25)26)21(20-10-7-15-28-20)23-17-11-13-18(27-2)14-12-17/h4-15,19,21-23H,3H2,1-2H3/t19-,21+,22+/m0/s1. The van der Waals surface area contributed by atoms with Crippen LogP contribution in [0.3, 0.4) is 0 Å². The molecule has 0 amide bonds. The van der Waals surface area contributed by atoms with E-state index in [0.29, 0.717) is 6.42 Å². The molecule has 1 aromatic heterocycles. The van der Waals surface area contributed by atoms with E-state index in [1.807, 2.05) is 79.0 Å². The molecule has 5 nitrogen and oxygen atoms in total. The maximum absolute atomic E-state index is 12.3. The van der Waals surface area contributed by atoms with Gasteiger partial charge < -0.3 is 10.1 Å². The number of hydrogen-bond donors (Lipinski definition) is 1. The number of hydrogen-bond acceptors (Lipinski definition) is 5. The molecule has 0 fully saturated rings. The highest BCUT2D eigenvalue weighted by Gasteiger charge is 2.40.